The van der Waals surface area contributed by atoms with Crippen LogP contribution in [0, 0.1) is 0 Å². The van der Waals surface area contributed by atoms with Gasteiger partial charge in [-0.25, -0.2) is 0 Å². The van der Waals surface area contributed by atoms with E-state index in [4.69, 9.17) is 34.4 Å². The molecular formula is C7H14N6. The van der Waals surface area contributed by atoms with Gasteiger partial charge in [-0.05, 0) is 6.07 Å². The first-order valence-electron chi connectivity index (χ1n) is 3.64. The minimum absolute atomic E-state index is 0.229. The Morgan fingerprint density at radius 3 is 1.85 bits per heavy atom. The lowest BCUT2D eigenvalue weighted by Crippen LogP contribution is -2.54. The van der Waals surface area contributed by atoms with E-state index in [9.17, 15) is 0 Å². The summed E-state index contributed by atoms with van der Waals surface area (Å²) in [5.41, 5.74) is 34.3. The van der Waals surface area contributed by atoms with Crippen LogP contribution in [0.3, 0.4) is 0 Å². The number of benzene rings is 1. The number of nitrogens with two attached hydrogens (primary N) is 6. The van der Waals surface area contributed by atoms with Gasteiger partial charge in [-0.3, -0.25) is 17.2 Å². The molecule has 0 saturated carbocycles. The van der Waals surface area contributed by atoms with Crippen molar-refractivity contribution in [2.24, 2.45) is 17.2 Å². The molecule has 0 radical (unpaired) electrons. The second kappa shape index (κ2) is 2.77. The van der Waals surface area contributed by atoms with Crippen LogP contribution < -0.4 is 34.4 Å². The molecular weight excluding hydrogens is 168 g/mol. The van der Waals surface area contributed by atoms with Crippen LogP contribution in [-0.4, -0.2) is 0 Å². The third-order valence-corrected chi connectivity index (χ3v) is 1.79. The molecule has 0 aliphatic carbocycles. The van der Waals surface area contributed by atoms with Crippen molar-refractivity contribution in [2.45, 2.75) is 5.79 Å². The summed E-state index contributed by atoms with van der Waals surface area (Å²) < 4.78 is 0. The quantitative estimate of drug-likeness (QED) is 0.227. The Hall–Kier alpha value is -1.50. The van der Waals surface area contributed by atoms with E-state index >= 15 is 0 Å². The van der Waals surface area contributed by atoms with Gasteiger partial charge in [0.1, 0.15) is 5.79 Å². The molecule has 13 heavy (non-hydrogen) atoms. The molecule has 1 rings (SSSR count). The zero-order valence-electron chi connectivity index (χ0n) is 7.12. The molecule has 0 heterocycles. The number of anilines is 3. The van der Waals surface area contributed by atoms with Gasteiger partial charge >= 0.3 is 0 Å². The maximum atomic E-state index is 5.62. The molecule has 12 N–H and O–H groups in total. The molecule has 0 aliphatic rings. The summed E-state index contributed by atoms with van der Waals surface area (Å²) >= 11 is 0. The van der Waals surface area contributed by atoms with E-state index in [0.717, 1.165) is 0 Å². The van der Waals surface area contributed by atoms with Crippen LogP contribution in [0.1, 0.15) is 5.56 Å². The molecule has 0 aromatic heterocycles. The summed E-state index contributed by atoms with van der Waals surface area (Å²) in [7, 11) is 0. The predicted molar refractivity (Wildman–Crippen MR) is 53.9 cm³/mol. The minimum Gasteiger partial charge on any atom is -0.397 e. The van der Waals surface area contributed by atoms with E-state index in [1.807, 2.05) is 0 Å². The van der Waals surface area contributed by atoms with Crippen LogP contribution in [0.25, 0.3) is 0 Å². The van der Waals surface area contributed by atoms with E-state index in [1.165, 1.54) is 0 Å². The number of hydrogen-bond donors (Lipinski definition) is 6. The summed E-state index contributed by atoms with van der Waals surface area (Å²) in [5, 5.41) is 0. The summed E-state index contributed by atoms with van der Waals surface area (Å²) in [5.74, 6) is -1.49. The van der Waals surface area contributed by atoms with Gasteiger partial charge in [-0.15, -0.1) is 0 Å². The van der Waals surface area contributed by atoms with Crippen molar-refractivity contribution in [1.29, 1.82) is 0 Å². The molecule has 0 atom stereocenters. The predicted octanol–water partition coefficient (Wildman–Crippen LogP) is -1.58. The summed E-state index contributed by atoms with van der Waals surface area (Å²) in [6.07, 6.45) is 0. The van der Waals surface area contributed by atoms with Crippen molar-refractivity contribution in [3.8, 4) is 0 Å². The van der Waals surface area contributed by atoms with Crippen molar-refractivity contribution in [3.05, 3.63) is 17.7 Å². The van der Waals surface area contributed by atoms with Crippen LogP contribution in [0.5, 0.6) is 0 Å². The molecule has 0 spiro atoms. The van der Waals surface area contributed by atoms with Gasteiger partial charge in [-0.1, -0.05) is 6.07 Å². The highest BCUT2D eigenvalue weighted by atomic mass is 15.1. The first kappa shape index (κ1) is 9.59. The zero-order chi connectivity index (χ0) is 10.2. The molecule has 0 saturated heterocycles. The number of nitrogen functional groups attached to an aromatic ring is 3. The van der Waals surface area contributed by atoms with Crippen LogP contribution in [-0.2, 0) is 5.79 Å². The Morgan fingerprint density at radius 1 is 0.846 bits per heavy atom. The van der Waals surface area contributed by atoms with Gasteiger partial charge in [0.2, 0.25) is 0 Å². The topological polar surface area (TPSA) is 156 Å². The Bertz CT molecular complexity index is 326. The van der Waals surface area contributed by atoms with Gasteiger partial charge in [-0.2, -0.15) is 0 Å². The number of hydrogen-bond acceptors (Lipinski definition) is 6. The van der Waals surface area contributed by atoms with E-state index < -0.39 is 5.79 Å². The summed E-state index contributed by atoms with van der Waals surface area (Å²) in [4.78, 5) is 0. The maximum absolute atomic E-state index is 5.62. The lowest BCUT2D eigenvalue weighted by atomic mass is 10.1. The van der Waals surface area contributed by atoms with E-state index in [1.54, 1.807) is 12.1 Å². The Labute approximate surface area is 75.8 Å². The molecule has 0 bridgehead atoms. The lowest BCUT2D eigenvalue weighted by Gasteiger charge is -2.22. The van der Waals surface area contributed by atoms with Gasteiger partial charge in [0.25, 0.3) is 0 Å². The second-order valence-electron chi connectivity index (χ2n) is 2.96. The molecule has 1 aromatic carbocycles. The Morgan fingerprint density at radius 2 is 1.38 bits per heavy atom. The normalized spacial score (nSPS) is 11.6. The molecule has 0 unspecified atom stereocenters. The highest BCUT2D eigenvalue weighted by molar-refractivity contribution is 5.80. The summed E-state index contributed by atoms with van der Waals surface area (Å²) in [6.45, 7) is 0. The average molecular weight is 182 g/mol. The minimum atomic E-state index is -1.49. The molecule has 0 amide bonds. The van der Waals surface area contributed by atoms with Crippen LogP contribution in [0.15, 0.2) is 12.1 Å². The van der Waals surface area contributed by atoms with Crippen molar-refractivity contribution in [2.75, 3.05) is 17.2 Å². The summed E-state index contributed by atoms with van der Waals surface area (Å²) in [6, 6.07) is 3.11. The van der Waals surface area contributed by atoms with Crippen molar-refractivity contribution in [3.63, 3.8) is 0 Å². The van der Waals surface area contributed by atoms with Gasteiger partial charge in [0, 0.05) is 5.56 Å². The average Bonchev–Trinajstić information content (AvgIpc) is 1.98. The fourth-order valence-corrected chi connectivity index (χ4v) is 1.03. The highest BCUT2D eigenvalue weighted by Crippen LogP contribution is 2.28. The smallest absolute Gasteiger partial charge is 0.144 e. The van der Waals surface area contributed by atoms with Crippen LogP contribution in [0.2, 0.25) is 0 Å². The third-order valence-electron chi connectivity index (χ3n) is 1.79. The fourth-order valence-electron chi connectivity index (χ4n) is 1.03. The Balaban J connectivity index is 3.35. The maximum Gasteiger partial charge on any atom is 0.144 e. The molecule has 72 valence electrons. The van der Waals surface area contributed by atoms with Crippen molar-refractivity contribution in [1.82, 2.24) is 0 Å². The van der Waals surface area contributed by atoms with Gasteiger partial charge in [0.05, 0.1) is 17.1 Å². The molecule has 1 aromatic rings. The molecule has 0 aliphatic heterocycles. The van der Waals surface area contributed by atoms with Crippen LogP contribution >= 0.6 is 0 Å². The number of rotatable bonds is 1. The third kappa shape index (κ3) is 1.64. The van der Waals surface area contributed by atoms with E-state index in [-0.39, 0.29) is 11.4 Å². The lowest BCUT2D eigenvalue weighted by molar-refractivity contribution is 0.491. The van der Waals surface area contributed by atoms with E-state index in [0.29, 0.717) is 11.3 Å². The molecule has 6 heteroatoms. The Kier molecular flexibility index (Phi) is 2.04. The van der Waals surface area contributed by atoms with Crippen LogP contribution in [0.4, 0.5) is 17.1 Å². The molecule has 6 nitrogen and oxygen atoms in total. The largest absolute Gasteiger partial charge is 0.397 e. The standard InChI is InChI=1S/C7H14N6/c8-4-2-1-3(7(11,12)13)5(9)6(4)10/h1-2H,8-13H2. The van der Waals surface area contributed by atoms with Crippen molar-refractivity contribution < 1.29 is 0 Å². The van der Waals surface area contributed by atoms with E-state index in [2.05, 4.69) is 0 Å². The molecule has 0 fully saturated rings. The monoisotopic (exact) mass is 182 g/mol. The first-order valence-corrected chi connectivity index (χ1v) is 3.64. The zero-order valence-corrected chi connectivity index (χ0v) is 7.12. The van der Waals surface area contributed by atoms with Gasteiger partial charge < -0.3 is 17.2 Å². The highest BCUT2D eigenvalue weighted by Gasteiger charge is 2.20. The van der Waals surface area contributed by atoms with Gasteiger partial charge in [0.15, 0.2) is 0 Å². The second-order valence-corrected chi connectivity index (χ2v) is 2.96. The first-order chi connectivity index (χ1) is 5.84. The fraction of sp³-hybridized carbons (Fsp3) is 0.143. The SMILES string of the molecule is Nc1ccc(C(N)(N)N)c(N)c1N. The van der Waals surface area contributed by atoms with Crippen molar-refractivity contribution >= 4 is 17.1 Å².